The van der Waals surface area contributed by atoms with Crippen LogP contribution in [0.3, 0.4) is 0 Å². The van der Waals surface area contributed by atoms with E-state index < -0.39 is 10.0 Å². The normalized spacial score (nSPS) is 11.6. The molecule has 4 rings (SSSR count). The average molecular weight is 536 g/mol. The van der Waals surface area contributed by atoms with Gasteiger partial charge in [0, 0.05) is 12.4 Å². The Morgan fingerprint density at radius 1 is 0.868 bits per heavy atom. The van der Waals surface area contributed by atoms with Gasteiger partial charge in [-0.2, -0.15) is 4.98 Å². The van der Waals surface area contributed by atoms with E-state index in [4.69, 9.17) is 14.2 Å². The Bertz CT molecular complexity index is 1510. The summed E-state index contributed by atoms with van der Waals surface area (Å²) >= 11 is 0. The number of hydrogen-bond acceptors (Lipinski definition) is 9. The summed E-state index contributed by atoms with van der Waals surface area (Å²) in [5.41, 5.74) is 0.871. The molecule has 1 N–H and O–H groups in total. The van der Waals surface area contributed by atoms with Gasteiger partial charge in [0.05, 0.1) is 18.6 Å². The number of hydrogen-bond donors (Lipinski definition) is 1. The molecule has 0 amide bonds. The molecule has 11 heteroatoms. The molecule has 0 bridgehead atoms. The van der Waals surface area contributed by atoms with Gasteiger partial charge in [-0.05, 0) is 48.2 Å². The molecular weight excluding hydrogens is 506 g/mol. The van der Waals surface area contributed by atoms with Gasteiger partial charge < -0.3 is 14.2 Å². The van der Waals surface area contributed by atoms with Crippen molar-refractivity contribution in [2.45, 2.75) is 38.0 Å². The predicted octanol–water partition coefficient (Wildman–Crippen LogP) is 5.23. The Labute approximate surface area is 222 Å². The van der Waals surface area contributed by atoms with Crippen LogP contribution >= 0.6 is 0 Å². The second-order valence-corrected chi connectivity index (χ2v) is 10.9. The molecule has 198 valence electrons. The second-order valence-electron chi connectivity index (χ2n) is 9.17. The molecule has 4 aromatic rings. The quantitative estimate of drug-likeness (QED) is 0.306. The van der Waals surface area contributed by atoms with Crippen LogP contribution in [0, 0.1) is 0 Å². The van der Waals surface area contributed by atoms with Crippen molar-refractivity contribution in [2.24, 2.45) is 0 Å². The summed E-state index contributed by atoms with van der Waals surface area (Å²) < 4.78 is 46.8. The lowest BCUT2D eigenvalue weighted by Crippen LogP contribution is -2.17. The summed E-state index contributed by atoms with van der Waals surface area (Å²) in [4.78, 5) is 17.3. The number of ether oxygens (including phenoxy) is 3. The van der Waals surface area contributed by atoms with Gasteiger partial charge >= 0.3 is 0 Å². The molecule has 0 saturated carbocycles. The van der Waals surface area contributed by atoms with Gasteiger partial charge in [0.25, 0.3) is 15.9 Å². The number of benzene rings is 2. The highest BCUT2D eigenvalue weighted by Crippen LogP contribution is 2.41. The first kappa shape index (κ1) is 26.8. The number of nitrogens with zero attached hydrogens (tertiary/aromatic N) is 4. The van der Waals surface area contributed by atoms with Crippen molar-refractivity contribution in [3.05, 3.63) is 72.6 Å². The molecule has 0 aliphatic heterocycles. The predicted molar refractivity (Wildman–Crippen MR) is 143 cm³/mol. The third-order valence-electron chi connectivity index (χ3n) is 5.42. The van der Waals surface area contributed by atoms with Gasteiger partial charge in [-0.25, -0.2) is 23.4 Å². The van der Waals surface area contributed by atoms with Gasteiger partial charge in [0.15, 0.2) is 23.1 Å². The first-order chi connectivity index (χ1) is 18.1. The van der Waals surface area contributed by atoms with Gasteiger partial charge in [-0.15, -0.1) is 0 Å². The minimum absolute atomic E-state index is 0.0108. The maximum absolute atomic E-state index is 13.5. The van der Waals surface area contributed by atoms with Gasteiger partial charge in [0.2, 0.25) is 11.6 Å². The van der Waals surface area contributed by atoms with E-state index in [-0.39, 0.29) is 46.0 Å². The molecule has 0 fully saturated rings. The monoisotopic (exact) mass is 535 g/mol. The van der Waals surface area contributed by atoms with Crippen LogP contribution in [0.25, 0.3) is 11.6 Å². The van der Waals surface area contributed by atoms with E-state index in [1.54, 1.807) is 61.5 Å². The van der Waals surface area contributed by atoms with E-state index >= 15 is 0 Å². The third-order valence-corrected chi connectivity index (χ3v) is 6.78. The SMILES string of the molecule is CCOc1nc(-c2ncccn2)nc(NS(=O)(=O)c2ccc(C(C)(C)C)cc2)c1Oc1ccccc1OC. The van der Waals surface area contributed by atoms with Crippen LogP contribution in [0.5, 0.6) is 23.1 Å². The Kier molecular flexibility index (Phi) is 7.77. The largest absolute Gasteiger partial charge is 0.493 e. The van der Waals surface area contributed by atoms with Crippen molar-refractivity contribution < 1.29 is 22.6 Å². The maximum atomic E-state index is 13.5. The number of nitrogens with one attached hydrogen (secondary N) is 1. The van der Waals surface area contributed by atoms with Crippen molar-refractivity contribution >= 4 is 15.8 Å². The van der Waals surface area contributed by atoms with E-state index in [9.17, 15) is 8.42 Å². The maximum Gasteiger partial charge on any atom is 0.263 e. The molecule has 2 aromatic heterocycles. The molecule has 38 heavy (non-hydrogen) atoms. The Morgan fingerprint density at radius 2 is 1.53 bits per heavy atom. The van der Waals surface area contributed by atoms with Crippen LogP contribution in [-0.2, 0) is 15.4 Å². The minimum atomic E-state index is -4.08. The first-order valence-corrected chi connectivity index (χ1v) is 13.4. The standard InChI is InChI=1S/C27H29N5O5S/c1-6-36-26-22(37-21-11-8-7-10-20(21)35-5)23(30-25(31-26)24-28-16-9-17-29-24)32-38(33,34)19-14-12-18(13-15-19)27(2,3)4/h7-17H,6H2,1-5H3,(H,30,31,32). The summed E-state index contributed by atoms with van der Waals surface area (Å²) in [5.74, 6) is 0.823. The fraction of sp³-hybridized carbons (Fsp3) is 0.259. The molecule has 0 aliphatic carbocycles. The third kappa shape index (κ3) is 6.00. The Hall–Kier alpha value is -4.25. The van der Waals surface area contributed by atoms with Crippen LogP contribution in [-0.4, -0.2) is 42.1 Å². The zero-order valence-electron chi connectivity index (χ0n) is 21.8. The number of aromatic nitrogens is 4. The fourth-order valence-electron chi connectivity index (χ4n) is 3.47. The summed E-state index contributed by atoms with van der Waals surface area (Å²) in [6.07, 6.45) is 3.07. The van der Waals surface area contributed by atoms with Crippen molar-refractivity contribution in [3.8, 4) is 34.8 Å². The lowest BCUT2D eigenvalue weighted by atomic mass is 9.87. The first-order valence-electron chi connectivity index (χ1n) is 11.9. The number of methoxy groups -OCH3 is 1. The zero-order chi connectivity index (χ0) is 27.3. The van der Waals surface area contributed by atoms with Gasteiger partial charge in [0.1, 0.15) is 0 Å². The number of sulfonamides is 1. The lowest BCUT2D eigenvalue weighted by molar-refractivity contribution is 0.304. The summed E-state index contributed by atoms with van der Waals surface area (Å²) in [5, 5.41) is 0. The summed E-state index contributed by atoms with van der Waals surface area (Å²) in [6, 6.07) is 15.3. The lowest BCUT2D eigenvalue weighted by Gasteiger charge is -2.20. The van der Waals surface area contributed by atoms with Crippen molar-refractivity contribution in [1.29, 1.82) is 0 Å². The summed E-state index contributed by atoms with van der Waals surface area (Å²) in [6.45, 7) is 8.17. The minimum Gasteiger partial charge on any atom is -0.493 e. The zero-order valence-corrected chi connectivity index (χ0v) is 22.6. The van der Waals surface area contributed by atoms with E-state index in [1.165, 1.54) is 19.5 Å². The molecule has 2 heterocycles. The topological polar surface area (TPSA) is 125 Å². The van der Waals surface area contributed by atoms with Crippen LogP contribution in [0.1, 0.15) is 33.3 Å². The molecule has 10 nitrogen and oxygen atoms in total. The van der Waals surface area contributed by atoms with Gasteiger partial charge in [-0.1, -0.05) is 45.0 Å². The number of para-hydroxylation sites is 2. The molecule has 0 saturated heterocycles. The Morgan fingerprint density at radius 3 is 2.13 bits per heavy atom. The molecule has 0 atom stereocenters. The molecule has 0 spiro atoms. The highest BCUT2D eigenvalue weighted by atomic mass is 32.2. The van der Waals surface area contributed by atoms with Gasteiger partial charge in [-0.3, -0.25) is 4.72 Å². The molecule has 0 aliphatic rings. The van der Waals surface area contributed by atoms with Crippen molar-refractivity contribution in [2.75, 3.05) is 18.4 Å². The van der Waals surface area contributed by atoms with E-state index in [1.807, 2.05) is 0 Å². The second kappa shape index (κ2) is 11.0. The summed E-state index contributed by atoms with van der Waals surface area (Å²) in [7, 11) is -2.58. The van der Waals surface area contributed by atoms with Crippen LogP contribution in [0.4, 0.5) is 5.82 Å². The molecule has 0 unspecified atom stereocenters. The van der Waals surface area contributed by atoms with Crippen LogP contribution in [0.2, 0.25) is 0 Å². The van der Waals surface area contributed by atoms with E-state index in [2.05, 4.69) is 45.4 Å². The number of rotatable bonds is 9. The smallest absolute Gasteiger partial charge is 0.263 e. The fourth-order valence-corrected chi connectivity index (χ4v) is 4.48. The molecular formula is C27H29N5O5S. The van der Waals surface area contributed by atoms with Crippen LogP contribution in [0.15, 0.2) is 71.9 Å². The average Bonchev–Trinajstić information content (AvgIpc) is 2.90. The van der Waals surface area contributed by atoms with Crippen LogP contribution < -0.4 is 18.9 Å². The Balaban J connectivity index is 1.84. The highest BCUT2D eigenvalue weighted by molar-refractivity contribution is 7.92. The van der Waals surface area contributed by atoms with Crippen molar-refractivity contribution in [3.63, 3.8) is 0 Å². The molecule has 0 radical (unpaired) electrons. The van der Waals surface area contributed by atoms with E-state index in [0.29, 0.717) is 11.5 Å². The number of anilines is 1. The van der Waals surface area contributed by atoms with Crippen molar-refractivity contribution in [1.82, 2.24) is 19.9 Å². The molecule has 2 aromatic carbocycles. The highest BCUT2D eigenvalue weighted by Gasteiger charge is 2.26. The van der Waals surface area contributed by atoms with E-state index in [0.717, 1.165) is 5.56 Å².